The first-order valence-electron chi connectivity index (χ1n) is 14.8. The Morgan fingerprint density at radius 1 is 1.05 bits per heavy atom. The SMILES string of the molecule is CCOCOc1cc2c(c(OCOCC)c1)C(=O)O[C@H](C)C/C=C/[C@H](N)C/C=C/C(=NOCC(=O)N1CCCCC1)C2. The Kier molecular flexibility index (Phi) is 14.3. The smallest absolute Gasteiger partial charge is 0.342 e. The molecule has 0 aromatic heterocycles. The summed E-state index contributed by atoms with van der Waals surface area (Å²) in [5.41, 5.74) is 7.49. The summed E-state index contributed by atoms with van der Waals surface area (Å²) in [6.07, 6.45) is 11.4. The van der Waals surface area contributed by atoms with E-state index in [9.17, 15) is 9.59 Å². The highest BCUT2D eigenvalue weighted by Crippen LogP contribution is 2.32. The predicted octanol–water partition coefficient (Wildman–Crippen LogP) is 4.14. The van der Waals surface area contributed by atoms with E-state index >= 15 is 0 Å². The molecule has 2 atom stereocenters. The zero-order valence-corrected chi connectivity index (χ0v) is 25.0. The van der Waals surface area contributed by atoms with Gasteiger partial charge in [-0.1, -0.05) is 23.4 Å². The summed E-state index contributed by atoms with van der Waals surface area (Å²) in [6.45, 7) is 7.70. The minimum absolute atomic E-state index is 0.0223. The van der Waals surface area contributed by atoms with Crippen molar-refractivity contribution in [3.8, 4) is 11.5 Å². The number of carbonyl (C=O) groups is 2. The lowest BCUT2D eigenvalue weighted by Gasteiger charge is -2.26. The highest BCUT2D eigenvalue weighted by molar-refractivity contribution is 6.00. The second-order valence-corrected chi connectivity index (χ2v) is 10.1. The van der Waals surface area contributed by atoms with Gasteiger partial charge in [-0.15, -0.1) is 0 Å². The highest BCUT2D eigenvalue weighted by Gasteiger charge is 2.24. The topological polar surface area (TPSA) is 131 Å². The monoisotopic (exact) mass is 587 g/mol. The summed E-state index contributed by atoms with van der Waals surface area (Å²) < 4.78 is 28.2. The fourth-order valence-electron chi connectivity index (χ4n) is 4.49. The number of nitrogens with zero attached hydrogens (tertiary/aromatic N) is 2. The number of amides is 1. The van der Waals surface area contributed by atoms with Crippen molar-refractivity contribution in [3.05, 3.63) is 47.6 Å². The Bertz CT molecular complexity index is 1100. The third-order valence-corrected chi connectivity index (χ3v) is 6.70. The molecule has 0 bridgehead atoms. The number of oxime groups is 1. The summed E-state index contributed by atoms with van der Waals surface area (Å²) in [7, 11) is 0. The Hall–Kier alpha value is -3.41. The molecule has 0 radical (unpaired) electrons. The summed E-state index contributed by atoms with van der Waals surface area (Å²) in [4.78, 5) is 33.6. The van der Waals surface area contributed by atoms with Gasteiger partial charge >= 0.3 is 5.97 Å². The number of hydrogen-bond acceptors (Lipinski definition) is 10. The van der Waals surface area contributed by atoms with Crippen LogP contribution in [0, 0.1) is 0 Å². The molecule has 11 nitrogen and oxygen atoms in total. The summed E-state index contributed by atoms with van der Waals surface area (Å²) >= 11 is 0. The Balaban J connectivity index is 1.98. The normalized spacial score (nSPS) is 22.4. The lowest BCUT2D eigenvalue weighted by atomic mass is 9.99. The zero-order valence-electron chi connectivity index (χ0n) is 25.0. The number of esters is 1. The lowest BCUT2D eigenvalue weighted by Crippen LogP contribution is -2.37. The van der Waals surface area contributed by atoms with Gasteiger partial charge in [-0.3, -0.25) is 4.79 Å². The molecule has 0 spiro atoms. The van der Waals surface area contributed by atoms with Crippen LogP contribution in [0.5, 0.6) is 11.5 Å². The molecule has 1 aromatic rings. The van der Waals surface area contributed by atoms with E-state index in [2.05, 4.69) is 5.16 Å². The van der Waals surface area contributed by atoms with E-state index in [1.165, 1.54) is 0 Å². The van der Waals surface area contributed by atoms with Crippen molar-refractivity contribution >= 4 is 17.6 Å². The molecule has 2 heterocycles. The van der Waals surface area contributed by atoms with Gasteiger partial charge in [0.05, 0.1) is 5.71 Å². The third kappa shape index (κ3) is 11.1. The van der Waals surface area contributed by atoms with E-state index in [-0.39, 0.29) is 49.9 Å². The molecular weight excluding hydrogens is 542 g/mol. The van der Waals surface area contributed by atoms with Crippen molar-refractivity contribution in [2.75, 3.05) is 46.5 Å². The highest BCUT2D eigenvalue weighted by atomic mass is 16.7. The number of fused-ring (bicyclic) bond motifs is 1. The number of rotatable bonds is 11. The van der Waals surface area contributed by atoms with E-state index in [0.717, 1.165) is 32.4 Å². The van der Waals surface area contributed by atoms with Gasteiger partial charge in [-0.25, -0.2) is 4.79 Å². The van der Waals surface area contributed by atoms with Crippen molar-refractivity contribution in [1.29, 1.82) is 0 Å². The average Bonchev–Trinajstić information content (AvgIpc) is 2.97. The molecule has 2 aliphatic heterocycles. The molecule has 232 valence electrons. The maximum atomic E-state index is 13.6. The Morgan fingerprint density at radius 2 is 1.79 bits per heavy atom. The molecule has 1 saturated heterocycles. The maximum absolute atomic E-state index is 13.6. The standard InChI is InChI=1S/C31H45N3O8/c1-4-37-21-39-27-18-24-17-26(33-41-20-29(35)34-15-7-6-8-16-34)14-10-13-25(32)12-9-11-23(3)42-31(36)30(24)28(19-27)40-22-38-5-2/h9-10,12,14,18-19,23,25H,4-8,11,13,15-17,20-22,32H2,1-3H3/b12-9+,14-10+,33-26?/t23-,25+/m1/s1. The maximum Gasteiger partial charge on any atom is 0.342 e. The number of piperidine rings is 1. The van der Waals surface area contributed by atoms with Crippen LogP contribution in [0.1, 0.15) is 68.8 Å². The Morgan fingerprint density at radius 3 is 2.52 bits per heavy atom. The molecular formula is C31H45N3O8. The minimum atomic E-state index is -0.556. The number of carbonyl (C=O) groups excluding carboxylic acids is 2. The second kappa shape index (κ2) is 18.2. The van der Waals surface area contributed by atoms with Crippen LogP contribution in [0.25, 0.3) is 0 Å². The van der Waals surface area contributed by atoms with E-state index < -0.39 is 12.1 Å². The van der Waals surface area contributed by atoms with Crippen LogP contribution in [0.15, 0.2) is 41.6 Å². The molecule has 0 unspecified atom stereocenters. The van der Waals surface area contributed by atoms with Crippen LogP contribution in [0.3, 0.4) is 0 Å². The van der Waals surface area contributed by atoms with E-state index in [0.29, 0.717) is 43.1 Å². The largest absolute Gasteiger partial charge is 0.467 e. The van der Waals surface area contributed by atoms with Gasteiger partial charge in [0.1, 0.15) is 23.2 Å². The molecule has 1 fully saturated rings. The first-order valence-corrected chi connectivity index (χ1v) is 14.8. The number of nitrogens with two attached hydrogens (primary N) is 1. The van der Waals surface area contributed by atoms with E-state index in [1.807, 2.05) is 39.0 Å². The first kappa shape index (κ1) is 33.1. The van der Waals surface area contributed by atoms with Gasteiger partial charge in [0.15, 0.2) is 20.2 Å². The van der Waals surface area contributed by atoms with Crippen molar-refractivity contribution in [2.45, 2.75) is 71.4 Å². The van der Waals surface area contributed by atoms with E-state index in [4.69, 9.17) is 34.3 Å². The van der Waals surface area contributed by atoms with Crippen molar-refractivity contribution in [2.24, 2.45) is 10.9 Å². The predicted molar refractivity (Wildman–Crippen MR) is 159 cm³/mol. The summed E-state index contributed by atoms with van der Waals surface area (Å²) in [5, 5.41) is 4.30. The number of likely N-dealkylation sites (tertiary alicyclic amines) is 1. The number of ether oxygens (including phenoxy) is 5. The van der Waals surface area contributed by atoms with Gasteiger partial charge in [-0.05, 0) is 64.2 Å². The van der Waals surface area contributed by atoms with Gasteiger partial charge in [0.2, 0.25) is 0 Å². The van der Waals surface area contributed by atoms with Crippen LogP contribution in [-0.2, 0) is 30.3 Å². The lowest BCUT2D eigenvalue weighted by molar-refractivity contribution is -0.137. The van der Waals surface area contributed by atoms with Crippen LogP contribution < -0.4 is 15.2 Å². The van der Waals surface area contributed by atoms with Gasteiger partial charge in [0, 0.05) is 51.3 Å². The van der Waals surface area contributed by atoms with Crippen LogP contribution in [0.4, 0.5) is 0 Å². The first-order chi connectivity index (χ1) is 20.4. The van der Waals surface area contributed by atoms with Crippen molar-refractivity contribution in [1.82, 2.24) is 4.90 Å². The number of cyclic esters (lactones) is 1. The molecule has 2 N–H and O–H groups in total. The minimum Gasteiger partial charge on any atom is -0.467 e. The number of hydrogen-bond donors (Lipinski definition) is 1. The van der Waals surface area contributed by atoms with Crippen molar-refractivity contribution < 1.29 is 38.1 Å². The Labute approximate surface area is 248 Å². The van der Waals surface area contributed by atoms with Crippen LogP contribution in [-0.4, -0.2) is 81.1 Å². The van der Waals surface area contributed by atoms with Gasteiger partial charge in [0.25, 0.3) is 5.91 Å². The number of allylic oxidation sites excluding steroid dienone is 1. The van der Waals surface area contributed by atoms with Gasteiger partial charge in [-0.2, -0.15) is 0 Å². The quantitative estimate of drug-likeness (QED) is 0.133. The molecule has 1 amide bonds. The third-order valence-electron chi connectivity index (χ3n) is 6.70. The summed E-state index contributed by atoms with van der Waals surface area (Å²) in [5.74, 6) is 0.0240. The van der Waals surface area contributed by atoms with Gasteiger partial charge < -0.3 is 39.2 Å². The van der Waals surface area contributed by atoms with Crippen molar-refractivity contribution in [3.63, 3.8) is 0 Å². The molecule has 1 aromatic carbocycles. The summed E-state index contributed by atoms with van der Waals surface area (Å²) in [6, 6.07) is 3.12. The molecule has 2 aliphatic rings. The fraction of sp³-hybridized carbons (Fsp3) is 0.581. The molecule has 0 aliphatic carbocycles. The number of benzene rings is 1. The second-order valence-electron chi connectivity index (χ2n) is 10.1. The molecule has 42 heavy (non-hydrogen) atoms. The van der Waals surface area contributed by atoms with E-state index in [1.54, 1.807) is 23.1 Å². The average molecular weight is 588 g/mol. The fourth-order valence-corrected chi connectivity index (χ4v) is 4.49. The molecule has 11 heteroatoms. The molecule has 0 saturated carbocycles. The molecule has 3 rings (SSSR count). The zero-order chi connectivity index (χ0) is 30.2. The van der Waals surface area contributed by atoms with Crippen LogP contribution >= 0.6 is 0 Å². The van der Waals surface area contributed by atoms with Crippen LogP contribution in [0.2, 0.25) is 0 Å².